The molecule has 0 radical (unpaired) electrons. The number of rotatable bonds is 2. The third-order valence-corrected chi connectivity index (χ3v) is 2.67. The van der Waals surface area contributed by atoms with Gasteiger partial charge in [-0.2, -0.15) is 4.99 Å². The predicted molar refractivity (Wildman–Crippen MR) is 62.0 cm³/mol. The van der Waals surface area contributed by atoms with E-state index in [0.717, 1.165) is 0 Å². The summed E-state index contributed by atoms with van der Waals surface area (Å²) in [5.41, 5.74) is 16.4. The second-order valence-corrected chi connectivity index (χ2v) is 4.75. The third kappa shape index (κ3) is 4.09. The molecule has 0 spiro atoms. The van der Waals surface area contributed by atoms with Crippen LogP contribution in [0.15, 0.2) is 29.2 Å². The van der Waals surface area contributed by atoms with Gasteiger partial charge in [0.05, 0.1) is 4.90 Å². The summed E-state index contributed by atoms with van der Waals surface area (Å²) < 4.78 is 22.0. The fourth-order valence-electron chi connectivity index (χ4n) is 1.07. The summed E-state index contributed by atoms with van der Waals surface area (Å²) in [7, 11) is -3.69. The molecule has 0 heterocycles. The Labute approximate surface area is 98.1 Å². The maximum Gasteiger partial charge on any atom is 0.390 e. The van der Waals surface area contributed by atoms with Crippen molar-refractivity contribution in [1.82, 2.24) is 0 Å². The zero-order chi connectivity index (χ0) is 13.1. The first-order valence-electron chi connectivity index (χ1n) is 4.46. The van der Waals surface area contributed by atoms with Crippen molar-refractivity contribution in [2.24, 2.45) is 22.3 Å². The number of hydrogen-bond acceptors (Lipinski definition) is 2. The van der Waals surface area contributed by atoms with Crippen molar-refractivity contribution >= 4 is 27.6 Å². The SMILES string of the molecule is NC(N)=[NH+]C(N)=[NH+]c1ccc(S(N)(=O)=O)cc1. The fourth-order valence-corrected chi connectivity index (χ4v) is 1.59. The molecular formula is C8H14N6O2S+2. The monoisotopic (exact) mass is 258 g/mol. The Hall–Kier alpha value is -2.13. The summed E-state index contributed by atoms with van der Waals surface area (Å²) in [6, 6.07) is 5.70. The van der Waals surface area contributed by atoms with Gasteiger partial charge >= 0.3 is 11.9 Å². The highest BCUT2D eigenvalue weighted by Gasteiger charge is 2.07. The smallest absolute Gasteiger partial charge is 0.275 e. The van der Waals surface area contributed by atoms with Gasteiger partial charge in [0.2, 0.25) is 10.0 Å². The molecular weight excluding hydrogens is 244 g/mol. The lowest BCUT2D eigenvalue weighted by atomic mass is 10.3. The molecule has 10 N–H and O–H groups in total. The van der Waals surface area contributed by atoms with Crippen LogP contribution in [0, 0.1) is 0 Å². The Kier molecular flexibility index (Phi) is 3.66. The highest BCUT2D eigenvalue weighted by Crippen LogP contribution is 2.07. The second-order valence-electron chi connectivity index (χ2n) is 3.19. The van der Waals surface area contributed by atoms with Gasteiger partial charge < -0.3 is 0 Å². The molecule has 9 heteroatoms. The summed E-state index contributed by atoms with van der Waals surface area (Å²) in [5, 5.41) is 4.95. The van der Waals surface area contributed by atoms with Crippen LogP contribution in [0.25, 0.3) is 0 Å². The number of guanidine groups is 2. The van der Waals surface area contributed by atoms with Gasteiger partial charge in [-0.25, -0.2) is 18.5 Å². The average molecular weight is 258 g/mol. The van der Waals surface area contributed by atoms with Crippen molar-refractivity contribution in [3.8, 4) is 0 Å². The Morgan fingerprint density at radius 1 is 1.06 bits per heavy atom. The van der Waals surface area contributed by atoms with E-state index in [-0.39, 0.29) is 16.8 Å². The number of benzene rings is 1. The Morgan fingerprint density at radius 3 is 2.00 bits per heavy atom. The molecule has 17 heavy (non-hydrogen) atoms. The molecule has 0 saturated carbocycles. The van der Waals surface area contributed by atoms with Gasteiger partial charge in [0.1, 0.15) is 5.69 Å². The number of sulfonamides is 1. The van der Waals surface area contributed by atoms with E-state index in [9.17, 15) is 8.42 Å². The van der Waals surface area contributed by atoms with E-state index in [1.807, 2.05) is 0 Å². The summed E-state index contributed by atoms with van der Waals surface area (Å²) in [6.07, 6.45) is 0. The molecule has 1 rings (SSSR count). The van der Waals surface area contributed by atoms with Gasteiger partial charge in [0.25, 0.3) is 0 Å². The van der Waals surface area contributed by atoms with Crippen LogP contribution in [-0.4, -0.2) is 20.3 Å². The van der Waals surface area contributed by atoms with Gasteiger partial charge in [-0.1, -0.05) is 0 Å². The molecule has 1 aromatic rings. The number of primary sulfonamides is 1. The molecule has 0 aliphatic heterocycles. The largest absolute Gasteiger partial charge is 0.390 e. The molecule has 1 aromatic carbocycles. The third-order valence-electron chi connectivity index (χ3n) is 1.74. The van der Waals surface area contributed by atoms with Crippen LogP contribution in [-0.2, 0) is 10.0 Å². The summed E-state index contributed by atoms with van der Waals surface area (Å²) in [5.74, 6) is 0.0597. The minimum atomic E-state index is -3.69. The van der Waals surface area contributed by atoms with E-state index in [0.29, 0.717) is 5.69 Å². The number of nitrogens with one attached hydrogen (secondary N) is 2. The molecule has 0 fully saturated rings. The maximum atomic E-state index is 11.0. The van der Waals surface area contributed by atoms with Crippen LogP contribution in [0.3, 0.4) is 0 Å². The Balaban J connectivity index is 3.01. The van der Waals surface area contributed by atoms with Crippen molar-refractivity contribution < 1.29 is 18.4 Å². The van der Waals surface area contributed by atoms with Crippen LogP contribution in [0.4, 0.5) is 5.69 Å². The Morgan fingerprint density at radius 2 is 1.59 bits per heavy atom. The summed E-state index contributed by atoms with van der Waals surface area (Å²) in [4.78, 5) is 5.18. The van der Waals surface area contributed by atoms with Crippen LogP contribution in [0.1, 0.15) is 0 Å². The van der Waals surface area contributed by atoms with Crippen molar-refractivity contribution in [3.63, 3.8) is 0 Å². The zero-order valence-corrected chi connectivity index (χ0v) is 9.66. The van der Waals surface area contributed by atoms with Crippen molar-refractivity contribution in [2.75, 3.05) is 0 Å². The molecule has 0 bridgehead atoms. The van der Waals surface area contributed by atoms with E-state index < -0.39 is 10.0 Å². The quantitative estimate of drug-likeness (QED) is 0.230. The minimum absolute atomic E-state index is 0.0134. The average Bonchev–Trinajstić information content (AvgIpc) is 2.15. The van der Waals surface area contributed by atoms with Crippen LogP contribution in [0.5, 0.6) is 0 Å². The lowest BCUT2D eigenvalue weighted by molar-refractivity contribution is -0.459. The molecule has 0 atom stereocenters. The first-order chi connectivity index (χ1) is 7.79. The molecule has 0 aromatic heterocycles. The van der Waals surface area contributed by atoms with E-state index in [4.69, 9.17) is 22.3 Å². The first-order valence-corrected chi connectivity index (χ1v) is 6.01. The van der Waals surface area contributed by atoms with Crippen molar-refractivity contribution in [3.05, 3.63) is 24.3 Å². The molecule has 8 nitrogen and oxygen atoms in total. The fraction of sp³-hybridized carbons (Fsp3) is 0. The summed E-state index contributed by atoms with van der Waals surface area (Å²) >= 11 is 0. The van der Waals surface area contributed by atoms with Gasteiger partial charge in [0, 0.05) is 0 Å². The van der Waals surface area contributed by atoms with Crippen molar-refractivity contribution in [2.45, 2.75) is 4.90 Å². The number of hydrogen-bond donors (Lipinski definition) is 6. The van der Waals surface area contributed by atoms with Gasteiger partial charge in [-0.05, 0) is 24.3 Å². The first kappa shape index (κ1) is 12.9. The molecule has 0 aliphatic rings. The van der Waals surface area contributed by atoms with Crippen LogP contribution < -0.4 is 32.3 Å². The van der Waals surface area contributed by atoms with E-state index in [2.05, 4.69) is 9.98 Å². The highest BCUT2D eigenvalue weighted by atomic mass is 32.2. The van der Waals surface area contributed by atoms with Gasteiger partial charge in [-0.15, -0.1) is 0 Å². The van der Waals surface area contributed by atoms with Gasteiger partial charge in [-0.3, -0.25) is 17.2 Å². The number of nitrogens with two attached hydrogens (primary N) is 4. The lowest BCUT2D eigenvalue weighted by Gasteiger charge is -1.97. The molecule has 0 amide bonds. The predicted octanol–water partition coefficient (Wildman–Crippen LogP) is -5.29. The lowest BCUT2D eigenvalue weighted by Crippen LogP contribution is -2.96. The molecule has 0 unspecified atom stereocenters. The van der Waals surface area contributed by atoms with E-state index in [1.165, 1.54) is 24.3 Å². The highest BCUT2D eigenvalue weighted by molar-refractivity contribution is 7.89. The van der Waals surface area contributed by atoms with Gasteiger partial charge in [0.15, 0.2) is 0 Å². The van der Waals surface area contributed by atoms with Crippen LogP contribution in [0.2, 0.25) is 0 Å². The van der Waals surface area contributed by atoms with Crippen LogP contribution >= 0.6 is 0 Å². The molecule has 0 aliphatic carbocycles. The molecule has 0 saturated heterocycles. The maximum absolute atomic E-state index is 11.0. The molecule has 92 valence electrons. The summed E-state index contributed by atoms with van der Waals surface area (Å²) in [6.45, 7) is 0. The minimum Gasteiger partial charge on any atom is -0.275 e. The normalized spacial score (nSPS) is 12.2. The zero-order valence-electron chi connectivity index (χ0n) is 8.84. The standard InChI is InChI=1S/C8H12N6O2S/c9-7(10)14-8(11)13-5-1-3-6(4-2-5)17(12,15)16/h1-4H,(H2,12,15,16)(H6,9,10,11,13,14)/p+2. The topological polar surface area (TPSA) is 166 Å². The van der Waals surface area contributed by atoms with Crippen molar-refractivity contribution in [1.29, 1.82) is 0 Å². The second kappa shape index (κ2) is 4.80. The Bertz CT molecular complexity index is 556. The van der Waals surface area contributed by atoms with E-state index >= 15 is 0 Å². The van der Waals surface area contributed by atoms with E-state index in [1.54, 1.807) is 0 Å².